The molecule has 2 aromatic carbocycles. The van der Waals surface area contributed by atoms with Crippen LogP contribution in [0.5, 0.6) is 0 Å². The van der Waals surface area contributed by atoms with Gasteiger partial charge in [0.15, 0.2) is 5.58 Å². The maximum atomic E-state index is 9.02. The Morgan fingerprint density at radius 3 is 2.81 bits per heavy atom. The van der Waals surface area contributed by atoms with E-state index < -0.39 is 0 Å². The van der Waals surface area contributed by atoms with Crippen LogP contribution in [0, 0.1) is 17.2 Å². The summed E-state index contributed by atoms with van der Waals surface area (Å²) >= 11 is 1.62. The molecular formula is C27H27N3OS. The highest BCUT2D eigenvalue weighted by Crippen LogP contribution is 2.33. The van der Waals surface area contributed by atoms with Crippen molar-refractivity contribution in [2.24, 2.45) is 5.92 Å². The summed E-state index contributed by atoms with van der Waals surface area (Å²) in [7, 11) is 0. The van der Waals surface area contributed by atoms with E-state index >= 15 is 0 Å². The van der Waals surface area contributed by atoms with Crippen molar-refractivity contribution in [2.45, 2.75) is 39.2 Å². The minimum atomic E-state index is 0.728. The topological polar surface area (TPSA) is 53.1 Å². The summed E-state index contributed by atoms with van der Waals surface area (Å²) in [6, 6.07) is 17.0. The van der Waals surface area contributed by atoms with Gasteiger partial charge in [-0.25, -0.2) is 0 Å². The van der Waals surface area contributed by atoms with Crippen LogP contribution in [0.25, 0.3) is 27.8 Å². The van der Waals surface area contributed by atoms with E-state index in [1.807, 2.05) is 13.0 Å². The number of piperidine rings is 1. The van der Waals surface area contributed by atoms with Crippen molar-refractivity contribution >= 4 is 39.2 Å². The number of benzene rings is 2. The maximum absolute atomic E-state index is 9.02. The fourth-order valence-electron chi connectivity index (χ4n) is 4.85. The number of nitrogens with zero attached hydrogens (tertiary/aromatic N) is 3. The second kappa shape index (κ2) is 9.28. The number of fused-ring (bicyclic) bond motifs is 2. The van der Waals surface area contributed by atoms with Crippen molar-refractivity contribution < 1.29 is 4.52 Å². The fraction of sp³-hybridized carbons (Fsp3) is 0.333. The van der Waals surface area contributed by atoms with Gasteiger partial charge in [0.25, 0.3) is 0 Å². The lowest BCUT2D eigenvalue weighted by molar-refractivity contribution is 0.173. The lowest BCUT2D eigenvalue weighted by Crippen LogP contribution is -2.33. The Kier molecular flexibility index (Phi) is 6.07. The molecule has 1 saturated heterocycles. The number of hydrogen-bond donors (Lipinski definition) is 0. The second-order valence-corrected chi connectivity index (χ2v) is 9.82. The predicted octanol–water partition coefficient (Wildman–Crippen LogP) is 6.79. The van der Waals surface area contributed by atoms with Crippen molar-refractivity contribution in [1.29, 1.82) is 5.26 Å². The Balaban J connectivity index is 1.25. The first-order valence-corrected chi connectivity index (χ1v) is 12.2. The molecule has 2 aromatic heterocycles. The first-order valence-electron chi connectivity index (χ1n) is 11.4. The van der Waals surface area contributed by atoms with E-state index in [0.29, 0.717) is 0 Å². The van der Waals surface area contributed by atoms with Gasteiger partial charge >= 0.3 is 0 Å². The fourth-order valence-corrected chi connectivity index (χ4v) is 5.70. The first kappa shape index (κ1) is 20.9. The number of aromatic nitrogens is 1. The van der Waals surface area contributed by atoms with Gasteiger partial charge in [-0.15, -0.1) is 11.3 Å². The molecule has 3 heterocycles. The van der Waals surface area contributed by atoms with Crippen molar-refractivity contribution in [3.63, 3.8) is 0 Å². The van der Waals surface area contributed by atoms with Gasteiger partial charge in [-0.05, 0) is 80.6 Å². The molecule has 5 heteroatoms. The number of allylic oxidation sites excluding steroid dienone is 1. The molecule has 0 N–H and O–H groups in total. The van der Waals surface area contributed by atoms with Crippen LogP contribution in [0.3, 0.4) is 0 Å². The molecule has 162 valence electrons. The number of hydrogen-bond acceptors (Lipinski definition) is 5. The van der Waals surface area contributed by atoms with Crippen LogP contribution in [0.2, 0.25) is 0 Å². The average Bonchev–Trinajstić information content (AvgIpc) is 3.45. The molecule has 0 aliphatic carbocycles. The summed E-state index contributed by atoms with van der Waals surface area (Å²) in [5.74, 6) is 0.728. The van der Waals surface area contributed by atoms with Gasteiger partial charge in [0.2, 0.25) is 0 Å². The smallest absolute Gasteiger partial charge is 0.174 e. The zero-order chi connectivity index (χ0) is 21.9. The quantitative estimate of drug-likeness (QED) is 0.330. The lowest BCUT2D eigenvalue weighted by Gasteiger charge is -2.31. The van der Waals surface area contributed by atoms with Gasteiger partial charge in [-0.3, -0.25) is 4.90 Å². The van der Waals surface area contributed by atoms with Gasteiger partial charge in [0, 0.05) is 22.4 Å². The molecular weight excluding hydrogens is 414 g/mol. The average molecular weight is 442 g/mol. The van der Waals surface area contributed by atoms with Crippen molar-refractivity contribution in [2.75, 3.05) is 13.1 Å². The molecule has 1 aliphatic rings. The highest BCUT2D eigenvalue weighted by molar-refractivity contribution is 7.12. The van der Waals surface area contributed by atoms with Crippen LogP contribution in [0.4, 0.5) is 0 Å². The second-order valence-electron chi connectivity index (χ2n) is 8.65. The Labute approximate surface area is 192 Å². The highest BCUT2D eigenvalue weighted by atomic mass is 32.1. The zero-order valence-corrected chi connectivity index (χ0v) is 19.2. The summed E-state index contributed by atoms with van der Waals surface area (Å²) in [6.07, 6.45) is 8.75. The third-order valence-electron chi connectivity index (χ3n) is 6.58. The van der Waals surface area contributed by atoms with E-state index in [0.717, 1.165) is 65.5 Å². The maximum Gasteiger partial charge on any atom is 0.174 e. The van der Waals surface area contributed by atoms with Gasteiger partial charge in [-0.1, -0.05) is 41.6 Å². The molecule has 0 radical (unpaired) electrons. The number of thiophene rings is 1. The highest BCUT2D eigenvalue weighted by Gasteiger charge is 2.21. The van der Waals surface area contributed by atoms with Gasteiger partial charge in [-0.2, -0.15) is 5.26 Å². The van der Waals surface area contributed by atoms with Crippen LogP contribution in [-0.2, 0) is 13.0 Å². The molecule has 0 saturated carbocycles. The SMILES string of the molecule is CC=Cc1c2ccccc2cc2c(CCC3CCN(Cc4ccc(C#N)s4)CC3)noc12. The summed E-state index contributed by atoms with van der Waals surface area (Å²) in [5.41, 5.74) is 3.11. The van der Waals surface area contributed by atoms with E-state index in [2.05, 4.69) is 64.7 Å². The molecule has 4 aromatic rings. The number of rotatable bonds is 6. The molecule has 0 spiro atoms. The van der Waals surface area contributed by atoms with E-state index in [4.69, 9.17) is 9.78 Å². The molecule has 0 amide bonds. The Morgan fingerprint density at radius 1 is 1.19 bits per heavy atom. The summed E-state index contributed by atoms with van der Waals surface area (Å²) in [4.78, 5) is 4.61. The van der Waals surface area contributed by atoms with E-state index in [1.54, 1.807) is 11.3 Å². The number of likely N-dealkylation sites (tertiary alicyclic amines) is 1. The molecule has 32 heavy (non-hydrogen) atoms. The standard InChI is InChI=1S/C27H27N3OS/c1-2-5-24-23-7-4-3-6-20(23)16-25-26(29-31-27(24)25)11-8-19-12-14-30(15-13-19)18-22-10-9-21(17-28)32-22/h2-7,9-10,16,19H,8,11-15,18H2,1H3. The molecule has 0 atom stereocenters. The third-order valence-corrected chi connectivity index (χ3v) is 7.55. The molecule has 5 rings (SSSR count). The Hall–Kier alpha value is -2.94. The summed E-state index contributed by atoms with van der Waals surface area (Å²) in [5, 5.41) is 17.1. The Bertz CT molecular complexity index is 1300. The minimum Gasteiger partial charge on any atom is -0.355 e. The van der Waals surface area contributed by atoms with Crippen molar-refractivity contribution in [1.82, 2.24) is 10.1 Å². The largest absolute Gasteiger partial charge is 0.355 e. The minimum absolute atomic E-state index is 0.728. The van der Waals surface area contributed by atoms with Gasteiger partial charge < -0.3 is 4.52 Å². The Morgan fingerprint density at radius 2 is 2.03 bits per heavy atom. The molecule has 0 unspecified atom stereocenters. The summed E-state index contributed by atoms with van der Waals surface area (Å²) in [6.45, 7) is 5.26. The van der Waals surface area contributed by atoms with E-state index in [-0.39, 0.29) is 0 Å². The van der Waals surface area contributed by atoms with Crippen LogP contribution < -0.4 is 0 Å². The van der Waals surface area contributed by atoms with Crippen molar-refractivity contribution in [3.05, 3.63) is 69.6 Å². The molecule has 4 nitrogen and oxygen atoms in total. The predicted molar refractivity (Wildman–Crippen MR) is 132 cm³/mol. The number of nitriles is 1. The third kappa shape index (κ3) is 4.21. The number of aryl methyl sites for hydroxylation is 1. The van der Waals surface area contributed by atoms with E-state index in [1.165, 1.54) is 28.5 Å². The van der Waals surface area contributed by atoms with Crippen LogP contribution in [-0.4, -0.2) is 23.1 Å². The summed E-state index contributed by atoms with van der Waals surface area (Å²) < 4.78 is 5.84. The van der Waals surface area contributed by atoms with Crippen LogP contribution in [0.15, 0.2) is 53.1 Å². The first-order chi connectivity index (χ1) is 15.7. The molecule has 0 bridgehead atoms. The van der Waals surface area contributed by atoms with Gasteiger partial charge in [0.05, 0.1) is 5.69 Å². The molecule has 1 fully saturated rings. The normalized spacial score (nSPS) is 15.8. The zero-order valence-electron chi connectivity index (χ0n) is 18.4. The van der Waals surface area contributed by atoms with Crippen LogP contribution >= 0.6 is 11.3 Å². The van der Waals surface area contributed by atoms with Gasteiger partial charge in [0.1, 0.15) is 10.9 Å². The monoisotopic (exact) mass is 441 g/mol. The van der Waals surface area contributed by atoms with Crippen molar-refractivity contribution in [3.8, 4) is 6.07 Å². The van der Waals surface area contributed by atoms with Crippen LogP contribution in [0.1, 0.15) is 47.2 Å². The molecule has 1 aliphatic heterocycles. The van der Waals surface area contributed by atoms with E-state index in [9.17, 15) is 0 Å². The lowest BCUT2D eigenvalue weighted by atomic mass is 9.90.